The monoisotopic (exact) mass is 320 g/mol. The van der Waals surface area contributed by atoms with E-state index in [0.717, 1.165) is 17.4 Å². The van der Waals surface area contributed by atoms with Gasteiger partial charge >= 0.3 is 5.97 Å². The maximum atomic E-state index is 11.6. The van der Waals surface area contributed by atoms with Gasteiger partial charge in [0.15, 0.2) is 6.61 Å². The Kier molecular flexibility index (Phi) is 5.10. The molecule has 8 heteroatoms. The highest BCUT2D eigenvalue weighted by molar-refractivity contribution is 7.14. The van der Waals surface area contributed by atoms with E-state index in [-0.39, 0.29) is 5.56 Å². The van der Waals surface area contributed by atoms with E-state index in [1.54, 1.807) is 17.5 Å². The lowest BCUT2D eigenvalue weighted by Gasteiger charge is -2.04. The number of nitrogens with one attached hydrogen (secondary N) is 1. The van der Waals surface area contributed by atoms with Crippen LogP contribution in [0.2, 0.25) is 0 Å². The Labute approximate surface area is 129 Å². The zero-order chi connectivity index (χ0) is 15.9. The molecule has 2 amide bonds. The number of rotatable bonds is 6. The summed E-state index contributed by atoms with van der Waals surface area (Å²) >= 11 is 1.15. The van der Waals surface area contributed by atoms with Crippen molar-refractivity contribution < 1.29 is 23.5 Å². The van der Waals surface area contributed by atoms with Gasteiger partial charge in [0.2, 0.25) is 0 Å². The van der Waals surface area contributed by atoms with Crippen LogP contribution in [0, 0.1) is 0 Å². The van der Waals surface area contributed by atoms with Crippen LogP contribution in [0.4, 0.5) is 5.00 Å². The highest BCUT2D eigenvalue weighted by Crippen LogP contribution is 2.22. The lowest BCUT2D eigenvalue weighted by molar-refractivity contribution is -0.142. The van der Waals surface area contributed by atoms with Crippen LogP contribution in [-0.4, -0.2) is 24.4 Å². The van der Waals surface area contributed by atoms with Crippen molar-refractivity contribution in [3.63, 3.8) is 0 Å². The molecule has 0 radical (unpaired) electrons. The molecule has 2 rings (SSSR count). The first-order chi connectivity index (χ1) is 10.6. The largest absolute Gasteiger partial charge is 0.465 e. The number of anilines is 1. The highest BCUT2D eigenvalue weighted by atomic mass is 32.1. The summed E-state index contributed by atoms with van der Waals surface area (Å²) in [5, 5.41) is 4.39. The van der Waals surface area contributed by atoms with Crippen LogP contribution in [-0.2, 0) is 14.3 Å². The van der Waals surface area contributed by atoms with Crippen LogP contribution in [0.5, 0.6) is 0 Å². The number of carbonyl (C=O) groups is 3. The average molecular weight is 320 g/mol. The van der Waals surface area contributed by atoms with Gasteiger partial charge in [0, 0.05) is 6.08 Å². The van der Waals surface area contributed by atoms with Crippen LogP contribution in [0.25, 0.3) is 6.08 Å². The molecule has 114 valence electrons. The molecular formula is C14H12N2O5S. The van der Waals surface area contributed by atoms with Crippen molar-refractivity contribution in [2.24, 2.45) is 5.73 Å². The molecule has 2 heterocycles. The van der Waals surface area contributed by atoms with Crippen molar-refractivity contribution in [1.29, 1.82) is 0 Å². The van der Waals surface area contributed by atoms with Gasteiger partial charge < -0.3 is 20.2 Å². The smallest absolute Gasteiger partial charge is 0.331 e. The average Bonchev–Trinajstić information content (AvgIpc) is 3.14. The molecular weight excluding hydrogens is 308 g/mol. The van der Waals surface area contributed by atoms with Crippen LogP contribution in [0.15, 0.2) is 40.3 Å². The number of nitrogens with two attached hydrogens (primary N) is 1. The molecule has 0 atom stereocenters. The second kappa shape index (κ2) is 7.23. The maximum absolute atomic E-state index is 11.6. The van der Waals surface area contributed by atoms with Crippen LogP contribution in [0.1, 0.15) is 16.1 Å². The van der Waals surface area contributed by atoms with Gasteiger partial charge in [-0.15, -0.1) is 11.3 Å². The van der Waals surface area contributed by atoms with E-state index in [9.17, 15) is 14.4 Å². The minimum absolute atomic E-state index is 0.211. The predicted octanol–water partition coefficient (Wildman–Crippen LogP) is 1.64. The maximum Gasteiger partial charge on any atom is 0.331 e. The fraction of sp³-hybridized carbons (Fsp3) is 0.0714. The Morgan fingerprint density at radius 1 is 1.36 bits per heavy atom. The number of hydrogen-bond acceptors (Lipinski definition) is 6. The summed E-state index contributed by atoms with van der Waals surface area (Å²) in [7, 11) is 0. The molecule has 0 aromatic carbocycles. The molecule has 0 aliphatic carbocycles. The molecule has 7 nitrogen and oxygen atoms in total. The van der Waals surface area contributed by atoms with Gasteiger partial charge in [-0.1, -0.05) is 0 Å². The van der Waals surface area contributed by atoms with Gasteiger partial charge in [-0.3, -0.25) is 9.59 Å². The summed E-state index contributed by atoms with van der Waals surface area (Å²) in [6, 6.07) is 4.84. The Balaban J connectivity index is 1.81. The highest BCUT2D eigenvalue weighted by Gasteiger charge is 2.13. The Morgan fingerprint density at radius 3 is 2.86 bits per heavy atom. The molecule has 0 aliphatic heterocycles. The zero-order valence-corrected chi connectivity index (χ0v) is 12.1. The third-order valence-electron chi connectivity index (χ3n) is 2.46. The number of furan rings is 1. The van der Waals surface area contributed by atoms with Crippen molar-refractivity contribution in [2.45, 2.75) is 0 Å². The van der Waals surface area contributed by atoms with Crippen molar-refractivity contribution in [3.05, 3.63) is 47.2 Å². The summed E-state index contributed by atoms with van der Waals surface area (Å²) in [6.07, 6.45) is 4.03. The molecule has 0 bridgehead atoms. The van der Waals surface area contributed by atoms with Gasteiger partial charge in [-0.05, 0) is 29.7 Å². The number of hydrogen-bond donors (Lipinski definition) is 2. The van der Waals surface area contributed by atoms with Crippen molar-refractivity contribution in [1.82, 2.24) is 0 Å². The van der Waals surface area contributed by atoms with E-state index < -0.39 is 24.4 Å². The number of esters is 1. The third kappa shape index (κ3) is 4.32. The first-order valence-electron chi connectivity index (χ1n) is 6.12. The Morgan fingerprint density at radius 2 is 2.18 bits per heavy atom. The number of ether oxygens (including phenoxy) is 1. The molecule has 0 spiro atoms. The van der Waals surface area contributed by atoms with Gasteiger partial charge in [-0.2, -0.15) is 0 Å². The van der Waals surface area contributed by atoms with Crippen LogP contribution < -0.4 is 11.1 Å². The van der Waals surface area contributed by atoms with E-state index in [1.165, 1.54) is 18.4 Å². The number of primary amides is 1. The standard InChI is InChI=1S/C14H12N2O5S/c15-13(19)10-5-7-22-14(10)16-11(17)8-21-12(18)4-3-9-2-1-6-20-9/h1-7H,8H2,(H2,15,19)(H,16,17). The predicted molar refractivity (Wildman–Crippen MR) is 80.2 cm³/mol. The summed E-state index contributed by atoms with van der Waals surface area (Å²) in [6.45, 7) is -0.475. The van der Waals surface area contributed by atoms with Crippen LogP contribution in [0.3, 0.4) is 0 Å². The lowest BCUT2D eigenvalue weighted by atomic mass is 10.3. The summed E-state index contributed by atoms with van der Waals surface area (Å²) < 4.78 is 9.76. The molecule has 0 saturated carbocycles. The first kappa shape index (κ1) is 15.5. The number of thiophene rings is 1. The van der Waals surface area contributed by atoms with E-state index in [0.29, 0.717) is 10.8 Å². The summed E-state index contributed by atoms with van der Waals surface area (Å²) in [5.41, 5.74) is 5.37. The molecule has 2 aromatic rings. The zero-order valence-electron chi connectivity index (χ0n) is 11.3. The molecule has 22 heavy (non-hydrogen) atoms. The molecule has 0 fully saturated rings. The Bertz CT molecular complexity index is 703. The topological polar surface area (TPSA) is 112 Å². The number of carbonyl (C=O) groups excluding carboxylic acids is 3. The molecule has 2 aromatic heterocycles. The Hall–Kier alpha value is -2.87. The summed E-state index contributed by atoms with van der Waals surface area (Å²) in [5.74, 6) is -1.40. The van der Waals surface area contributed by atoms with E-state index in [1.807, 2.05) is 0 Å². The van der Waals surface area contributed by atoms with E-state index in [2.05, 4.69) is 5.32 Å². The first-order valence-corrected chi connectivity index (χ1v) is 6.99. The fourth-order valence-electron chi connectivity index (χ4n) is 1.48. The van der Waals surface area contributed by atoms with Gasteiger partial charge in [0.25, 0.3) is 11.8 Å². The third-order valence-corrected chi connectivity index (χ3v) is 3.29. The molecule has 0 saturated heterocycles. The normalized spacial score (nSPS) is 10.5. The van der Waals surface area contributed by atoms with Gasteiger partial charge in [0.05, 0.1) is 11.8 Å². The van der Waals surface area contributed by atoms with Crippen LogP contribution >= 0.6 is 11.3 Å². The molecule has 3 N–H and O–H groups in total. The van der Waals surface area contributed by atoms with E-state index >= 15 is 0 Å². The van der Waals surface area contributed by atoms with E-state index in [4.69, 9.17) is 14.9 Å². The quantitative estimate of drug-likeness (QED) is 0.620. The second-order valence-corrected chi connectivity index (χ2v) is 4.95. The summed E-state index contributed by atoms with van der Waals surface area (Å²) in [4.78, 5) is 34.2. The number of amides is 2. The minimum atomic E-state index is -0.687. The molecule has 0 unspecified atom stereocenters. The lowest BCUT2D eigenvalue weighted by Crippen LogP contribution is -2.21. The van der Waals surface area contributed by atoms with Crippen molar-refractivity contribution in [2.75, 3.05) is 11.9 Å². The fourth-order valence-corrected chi connectivity index (χ4v) is 2.29. The van der Waals surface area contributed by atoms with Crippen molar-refractivity contribution in [3.8, 4) is 0 Å². The van der Waals surface area contributed by atoms with Gasteiger partial charge in [-0.25, -0.2) is 4.79 Å². The van der Waals surface area contributed by atoms with Crippen molar-refractivity contribution >= 4 is 40.2 Å². The molecule has 0 aliphatic rings. The second-order valence-electron chi connectivity index (χ2n) is 4.03. The SMILES string of the molecule is NC(=O)c1ccsc1NC(=O)COC(=O)C=Cc1ccco1. The minimum Gasteiger partial charge on any atom is -0.465 e. The van der Waals surface area contributed by atoms with Gasteiger partial charge in [0.1, 0.15) is 10.8 Å².